The number of fused-ring (bicyclic) bond motifs is 5. The van der Waals surface area contributed by atoms with Crippen LogP contribution >= 0.6 is 0 Å². The van der Waals surface area contributed by atoms with E-state index in [1.807, 2.05) is 17.5 Å². The molecule has 144 valence electrons. The van der Waals surface area contributed by atoms with Crippen LogP contribution < -0.4 is 16.5 Å². The summed E-state index contributed by atoms with van der Waals surface area (Å²) >= 11 is 0. The second kappa shape index (κ2) is 6.20. The lowest BCUT2D eigenvalue weighted by Gasteiger charge is -2.10. The van der Waals surface area contributed by atoms with E-state index in [0.717, 1.165) is 30.6 Å². The number of aryl methyl sites for hydroxylation is 2. The number of nitrogens with zero attached hydrogens (tertiary/aromatic N) is 2. The van der Waals surface area contributed by atoms with Crippen molar-refractivity contribution in [3.05, 3.63) is 45.4 Å². The molecular weight excluding hydrogens is 356 g/mol. The van der Waals surface area contributed by atoms with E-state index in [1.54, 1.807) is 6.07 Å². The highest BCUT2D eigenvalue weighted by Crippen LogP contribution is 2.29. The van der Waals surface area contributed by atoms with Crippen LogP contribution in [0.5, 0.6) is 0 Å². The number of hydrogen-bond acceptors (Lipinski definition) is 4. The van der Waals surface area contributed by atoms with Crippen molar-refractivity contribution in [2.24, 2.45) is 5.73 Å². The summed E-state index contributed by atoms with van der Waals surface area (Å²) < 4.78 is 1.82. The van der Waals surface area contributed by atoms with Gasteiger partial charge < -0.3 is 21.0 Å². The van der Waals surface area contributed by atoms with Crippen LogP contribution in [-0.2, 0) is 6.42 Å². The second-order valence-corrected chi connectivity index (χ2v) is 7.58. The molecule has 1 aliphatic heterocycles. The Morgan fingerprint density at radius 3 is 3.00 bits per heavy atom. The predicted molar refractivity (Wildman–Crippen MR) is 108 cm³/mol. The van der Waals surface area contributed by atoms with E-state index in [9.17, 15) is 9.59 Å². The lowest BCUT2D eigenvalue weighted by Crippen LogP contribution is -2.21. The Morgan fingerprint density at radius 2 is 2.25 bits per heavy atom. The molecule has 1 fully saturated rings. The number of carbonyl (C=O) groups is 1. The molecule has 3 aromatic heterocycles. The minimum Gasteiger partial charge on any atom is -0.365 e. The van der Waals surface area contributed by atoms with Gasteiger partial charge in [-0.2, -0.15) is 0 Å². The SMILES string of the molecule is Cc1ccc(=O)c2nc3c(C(N)=O)c4[nH]c(CCC5CCCN5)c[nH]c4n3c12. The van der Waals surface area contributed by atoms with E-state index in [1.165, 1.54) is 18.9 Å². The zero-order valence-electron chi connectivity index (χ0n) is 15.6. The Hall–Kier alpha value is -3.13. The molecule has 1 aliphatic rings. The Balaban J connectivity index is 1.72. The molecule has 5 N–H and O–H groups in total. The van der Waals surface area contributed by atoms with E-state index in [4.69, 9.17) is 5.73 Å². The van der Waals surface area contributed by atoms with Gasteiger partial charge in [-0.1, -0.05) is 6.07 Å². The van der Waals surface area contributed by atoms with Crippen molar-refractivity contribution in [1.82, 2.24) is 24.7 Å². The van der Waals surface area contributed by atoms with Gasteiger partial charge in [0.15, 0.2) is 5.65 Å². The average molecular weight is 378 g/mol. The molecule has 4 aromatic rings. The summed E-state index contributed by atoms with van der Waals surface area (Å²) in [6.07, 6.45) is 6.23. The first-order valence-corrected chi connectivity index (χ1v) is 9.62. The van der Waals surface area contributed by atoms with E-state index in [2.05, 4.69) is 20.3 Å². The van der Waals surface area contributed by atoms with E-state index < -0.39 is 5.91 Å². The molecule has 0 saturated carbocycles. The van der Waals surface area contributed by atoms with Crippen LogP contribution in [0.3, 0.4) is 0 Å². The van der Waals surface area contributed by atoms with Crippen molar-refractivity contribution < 1.29 is 4.79 Å². The largest absolute Gasteiger partial charge is 0.365 e. The van der Waals surface area contributed by atoms with Gasteiger partial charge in [0.25, 0.3) is 5.91 Å². The minimum atomic E-state index is -0.570. The molecule has 5 rings (SSSR count). The topological polar surface area (TPSA) is 121 Å². The maximum absolute atomic E-state index is 12.3. The van der Waals surface area contributed by atoms with Gasteiger partial charge in [-0.15, -0.1) is 0 Å². The van der Waals surface area contributed by atoms with Crippen molar-refractivity contribution >= 4 is 33.8 Å². The van der Waals surface area contributed by atoms with Crippen molar-refractivity contribution in [3.63, 3.8) is 0 Å². The second-order valence-electron chi connectivity index (χ2n) is 7.58. The number of imidazole rings is 1. The van der Waals surface area contributed by atoms with Crippen LogP contribution in [0.15, 0.2) is 23.1 Å². The maximum atomic E-state index is 12.3. The summed E-state index contributed by atoms with van der Waals surface area (Å²) in [6, 6.07) is 3.81. The smallest absolute Gasteiger partial charge is 0.254 e. The third-order valence-corrected chi connectivity index (χ3v) is 5.74. The Bertz CT molecular complexity index is 1290. The van der Waals surface area contributed by atoms with Gasteiger partial charge >= 0.3 is 0 Å². The number of carbonyl (C=O) groups excluding carboxylic acids is 1. The minimum absolute atomic E-state index is 0.169. The summed E-state index contributed by atoms with van der Waals surface area (Å²) in [7, 11) is 0. The van der Waals surface area contributed by atoms with Gasteiger partial charge in [-0.25, -0.2) is 4.98 Å². The van der Waals surface area contributed by atoms with Crippen molar-refractivity contribution in [3.8, 4) is 0 Å². The normalized spacial score (nSPS) is 17.2. The third kappa shape index (κ3) is 2.45. The van der Waals surface area contributed by atoms with Crippen LogP contribution in [0.25, 0.3) is 27.8 Å². The first kappa shape index (κ1) is 17.0. The van der Waals surface area contributed by atoms with Gasteiger partial charge in [0, 0.05) is 17.9 Å². The van der Waals surface area contributed by atoms with Gasteiger partial charge in [0.2, 0.25) is 5.43 Å². The van der Waals surface area contributed by atoms with Crippen LogP contribution in [-0.4, -0.2) is 37.8 Å². The van der Waals surface area contributed by atoms with Crippen LogP contribution in [0.1, 0.15) is 40.9 Å². The monoisotopic (exact) mass is 378 g/mol. The molecule has 8 heteroatoms. The molecule has 0 radical (unpaired) electrons. The molecule has 28 heavy (non-hydrogen) atoms. The first-order valence-electron chi connectivity index (χ1n) is 9.62. The molecular formula is C20H22N6O2. The highest BCUT2D eigenvalue weighted by Gasteiger charge is 2.24. The Morgan fingerprint density at radius 1 is 1.39 bits per heavy atom. The number of primary amides is 1. The van der Waals surface area contributed by atoms with Crippen molar-refractivity contribution in [1.29, 1.82) is 0 Å². The molecule has 1 aromatic carbocycles. The number of hydrogen-bond donors (Lipinski definition) is 4. The first-order chi connectivity index (χ1) is 13.5. The van der Waals surface area contributed by atoms with E-state index in [0.29, 0.717) is 39.4 Å². The van der Waals surface area contributed by atoms with Crippen LogP contribution in [0.4, 0.5) is 0 Å². The lowest BCUT2D eigenvalue weighted by atomic mass is 10.1. The quantitative estimate of drug-likeness (QED) is 0.432. The van der Waals surface area contributed by atoms with Gasteiger partial charge in [0.05, 0.1) is 11.0 Å². The molecule has 0 aliphatic carbocycles. The summed E-state index contributed by atoms with van der Waals surface area (Å²) in [5, 5.41) is 3.50. The fourth-order valence-corrected chi connectivity index (χ4v) is 4.35. The molecule has 1 saturated heterocycles. The summed E-state index contributed by atoms with van der Waals surface area (Å²) in [6.45, 7) is 3.00. The van der Waals surface area contributed by atoms with Gasteiger partial charge in [0.1, 0.15) is 16.7 Å². The maximum Gasteiger partial charge on any atom is 0.254 e. The number of aromatic nitrogens is 4. The standard InChI is InChI=1S/C20H22N6O2/c1-10-4-7-13(27)15-17(10)26-19(25-15)14(18(21)28)16-20(26)23-9-12(24-16)6-5-11-3-2-8-22-11/h4,7,9,11,22-24H,2-3,5-6,8H2,1H3,(H2,21,28). The number of benzene rings is 1. The Kier molecular flexibility index (Phi) is 3.77. The van der Waals surface area contributed by atoms with Crippen molar-refractivity contribution in [2.45, 2.75) is 38.6 Å². The number of amides is 1. The predicted octanol–water partition coefficient (Wildman–Crippen LogP) is 1.75. The number of nitrogens with two attached hydrogens (primary N) is 1. The van der Waals surface area contributed by atoms with Crippen LogP contribution in [0.2, 0.25) is 0 Å². The van der Waals surface area contributed by atoms with Gasteiger partial charge in [-0.05, 0) is 50.8 Å². The number of aromatic amines is 2. The third-order valence-electron chi connectivity index (χ3n) is 5.74. The van der Waals surface area contributed by atoms with Crippen molar-refractivity contribution in [2.75, 3.05) is 6.54 Å². The number of rotatable bonds is 4. The lowest BCUT2D eigenvalue weighted by molar-refractivity contribution is 0.100. The molecule has 4 heterocycles. The van der Waals surface area contributed by atoms with Crippen LogP contribution in [0, 0.1) is 6.92 Å². The number of H-pyrrole nitrogens is 2. The van der Waals surface area contributed by atoms with Gasteiger partial charge in [-0.3, -0.25) is 14.0 Å². The number of nitrogens with one attached hydrogen (secondary N) is 3. The highest BCUT2D eigenvalue weighted by molar-refractivity contribution is 6.12. The molecule has 1 amide bonds. The summed E-state index contributed by atoms with van der Waals surface area (Å²) in [5.41, 5.74) is 10.5. The average Bonchev–Trinajstić information content (AvgIpc) is 3.37. The molecule has 1 unspecified atom stereocenters. The molecule has 0 bridgehead atoms. The highest BCUT2D eigenvalue weighted by atomic mass is 16.1. The fraction of sp³-hybridized carbons (Fsp3) is 0.350. The van der Waals surface area contributed by atoms with E-state index >= 15 is 0 Å². The zero-order valence-corrected chi connectivity index (χ0v) is 15.6. The fourth-order valence-electron chi connectivity index (χ4n) is 4.35. The molecule has 1 atom stereocenters. The molecule has 8 nitrogen and oxygen atoms in total. The Labute approximate surface area is 160 Å². The van der Waals surface area contributed by atoms with E-state index in [-0.39, 0.29) is 5.43 Å². The molecule has 0 spiro atoms. The summed E-state index contributed by atoms with van der Waals surface area (Å²) in [5.74, 6) is -0.570. The summed E-state index contributed by atoms with van der Waals surface area (Å²) in [4.78, 5) is 35.7. The zero-order chi connectivity index (χ0) is 19.4.